The number of nitrogens with one attached hydrogen (secondary N) is 1. The van der Waals surface area contributed by atoms with Gasteiger partial charge in [0.2, 0.25) is 0 Å². The molecule has 0 amide bonds. The van der Waals surface area contributed by atoms with Crippen LogP contribution in [0, 0.1) is 5.82 Å². The average Bonchev–Trinajstić information content (AvgIpc) is 2.92. The summed E-state index contributed by atoms with van der Waals surface area (Å²) in [7, 11) is 1.90. The molecule has 2 aromatic rings. The fourth-order valence-corrected chi connectivity index (χ4v) is 2.68. The van der Waals surface area contributed by atoms with Gasteiger partial charge in [-0.2, -0.15) is 5.10 Å². The van der Waals surface area contributed by atoms with Gasteiger partial charge in [-0.05, 0) is 44.5 Å². The summed E-state index contributed by atoms with van der Waals surface area (Å²) in [6, 6.07) is 7.10. The Hall–Kier alpha value is -1.39. The van der Waals surface area contributed by atoms with Gasteiger partial charge < -0.3 is 5.32 Å². The van der Waals surface area contributed by atoms with E-state index in [0.717, 1.165) is 29.9 Å². The van der Waals surface area contributed by atoms with E-state index in [1.807, 2.05) is 17.8 Å². The minimum atomic E-state index is -0.373. The predicted octanol–water partition coefficient (Wildman–Crippen LogP) is 3.76. The van der Waals surface area contributed by atoms with Crippen molar-refractivity contribution in [3.63, 3.8) is 0 Å². The number of aromatic nitrogens is 2. The third-order valence-electron chi connectivity index (χ3n) is 3.68. The van der Waals surface area contributed by atoms with Crippen LogP contribution in [0.25, 0.3) is 0 Å². The molecule has 1 unspecified atom stereocenters. The molecule has 21 heavy (non-hydrogen) atoms. The van der Waals surface area contributed by atoms with Crippen molar-refractivity contribution in [2.75, 3.05) is 7.05 Å². The van der Waals surface area contributed by atoms with Gasteiger partial charge in [-0.25, -0.2) is 4.39 Å². The zero-order valence-corrected chi connectivity index (χ0v) is 13.4. The second-order valence-electron chi connectivity index (χ2n) is 4.99. The molecule has 0 spiro atoms. The van der Waals surface area contributed by atoms with Crippen LogP contribution in [0.3, 0.4) is 0 Å². The third kappa shape index (κ3) is 3.44. The maximum atomic E-state index is 13.6. The lowest BCUT2D eigenvalue weighted by Crippen LogP contribution is -2.22. The molecular formula is C16H21ClFN3. The van der Waals surface area contributed by atoms with Gasteiger partial charge >= 0.3 is 0 Å². The van der Waals surface area contributed by atoms with Crippen molar-refractivity contribution in [1.29, 1.82) is 0 Å². The molecule has 0 aliphatic carbocycles. The summed E-state index contributed by atoms with van der Waals surface area (Å²) in [4.78, 5) is 0. The molecule has 0 fully saturated rings. The zero-order chi connectivity index (χ0) is 15.4. The van der Waals surface area contributed by atoms with Gasteiger partial charge in [-0.3, -0.25) is 4.68 Å². The molecule has 0 bridgehead atoms. The Morgan fingerprint density at radius 2 is 2.14 bits per heavy atom. The maximum absolute atomic E-state index is 13.6. The number of hydrogen-bond donors (Lipinski definition) is 1. The molecule has 0 radical (unpaired) electrons. The molecule has 2 rings (SSSR count). The Morgan fingerprint density at radius 3 is 2.76 bits per heavy atom. The van der Waals surface area contributed by atoms with E-state index in [2.05, 4.69) is 30.3 Å². The molecule has 0 saturated carbocycles. The molecular weight excluding hydrogens is 289 g/mol. The molecule has 1 aromatic heterocycles. The first-order valence-electron chi connectivity index (χ1n) is 7.27. The molecule has 0 aliphatic rings. The number of rotatable bonds is 6. The average molecular weight is 310 g/mol. The Labute approximate surface area is 130 Å². The number of nitrogens with zero attached hydrogens (tertiary/aromatic N) is 2. The predicted molar refractivity (Wildman–Crippen MR) is 84.2 cm³/mol. The van der Waals surface area contributed by atoms with E-state index in [0.29, 0.717) is 6.42 Å². The van der Waals surface area contributed by atoms with E-state index < -0.39 is 0 Å². The highest BCUT2D eigenvalue weighted by Crippen LogP contribution is 2.26. The van der Waals surface area contributed by atoms with Crippen LogP contribution >= 0.6 is 11.6 Å². The topological polar surface area (TPSA) is 29.9 Å². The van der Waals surface area contributed by atoms with Crippen LogP contribution < -0.4 is 5.32 Å². The van der Waals surface area contributed by atoms with E-state index in [1.54, 1.807) is 6.07 Å². The molecule has 114 valence electrons. The number of aryl methyl sites for hydroxylation is 2. The highest BCUT2D eigenvalue weighted by molar-refractivity contribution is 6.31. The van der Waals surface area contributed by atoms with Crippen LogP contribution in [0.15, 0.2) is 24.3 Å². The van der Waals surface area contributed by atoms with Crippen molar-refractivity contribution in [2.45, 2.75) is 39.3 Å². The van der Waals surface area contributed by atoms with Crippen molar-refractivity contribution in [1.82, 2.24) is 15.1 Å². The maximum Gasteiger partial charge on any atom is 0.142 e. The van der Waals surface area contributed by atoms with Crippen molar-refractivity contribution in [3.05, 3.63) is 52.1 Å². The third-order valence-corrected chi connectivity index (χ3v) is 4.11. The zero-order valence-electron chi connectivity index (χ0n) is 12.7. The minimum absolute atomic E-state index is 0.0528. The second kappa shape index (κ2) is 7.05. The lowest BCUT2D eigenvalue weighted by Gasteiger charge is -2.18. The van der Waals surface area contributed by atoms with E-state index in [-0.39, 0.29) is 16.9 Å². The fraction of sp³-hybridized carbons (Fsp3) is 0.438. The summed E-state index contributed by atoms with van der Waals surface area (Å²) in [6.07, 6.45) is 1.53. The van der Waals surface area contributed by atoms with E-state index in [9.17, 15) is 4.39 Å². The fourth-order valence-electron chi connectivity index (χ4n) is 2.47. The van der Waals surface area contributed by atoms with Crippen molar-refractivity contribution < 1.29 is 4.39 Å². The standard InChI is InChI=1S/C16H21ClFN3/c1-4-12-10-15(21(5-2)20-12)14(19-3)9-11-7-6-8-13(18)16(11)17/h6-8,10,14,19H,4-5,9H2,1-3H3. The minimum Gasteiger partial charge on any atom is -0.311 e. The molecule has 1 N–H and O–H groups in total. The quantitative estimate of drug-likeness (QED) is 0.880. The number of likely N-dealkylation sites (N-methyl/N-ethyl adjacent to an activating group) is 1. The monoisotopic (exact) mass is 309 g/mol. The highest BCUT2D eigenvalue weighted by atomic mass is 35.5. The summed E-state index contributed by atoms with van der Waals surface area (Å²) >= 11 is 6.06. The smallest absolute Gasteiger partial charge is 0.142 e. The largest absolute Gasteiger partial charge is 0.311 e. The summed E-state index contributed by atoms with van der Waals surface area (Å²) in [5.74, 6) is -0.373. The molecule has 3 nitrogen and oxygen atoms in total. The van der Waals surface area contributed by atoms with Crippen LogP contribution in [0.2, 0.25) is 5.02 Å². The first-order valence-corrected chi connectivity index (χ1v) is 7.65. The molecule has 0 aliphatic heterocycles. The summed E-state index contributed by atoms with van der Waals surface area (Å²) in [6.45, 7) is 4.96. The van der Waals surface area contributed by atoms with Gasteiger partial charge in [-0.15, -0.1) is 0 Å². The molecule has 1 atom stereocenters. The van der Waals surface area contributed by atoms with Crippen LogP contribution in [0.1, 0.15) is 36.8 Å². The summed E-state index contributed by atoms with van der Waals surface area (Å²) in [5.41, 5.74) is 2.98. The van der Waals surface area contributed by atoms with E-state index in [4.69, 9.17) is 11.6 Å². The Bertz CT molecular complexity index is 610. The lowest BCUT2D eigenvalue weighted by atomic mass is 10.0. The van der Waals surface area contributed by atoms with Crippen LogP contribution in [-0.2, 0) is 19.4 Å². The van der Waals surface area contributed by atoms with Crippen molar-refractivity contribution in [3.8, 4) is 0 Å². The number of halogens is 2. The molecule has 1 aromatic carbocycles. The molecule has 5 heteroatoms. The normalized spacial score (nSPS) is 12.6. The number of benzene rings is 1. The first kappa shape index (κ1) is 16.0. The van der Waals surface area contributed by atoms with E-state index in [1.165, 1.54) is 6.07 Å². The van der Waals surface area contributed by atoms with Gasteiger partial charge in [0.25, 0.3) is 0 Å². The van der Waals surface area contributed by atoms with Gasteiger partial charge in [0.1, 0.15) is 5.82 Å². The van der Waals surface area contributed by atoms with Crippen LogP contribution in [-0.4, -0.2) is 16.8 Å². The lowest BCUT2D eigenvalue weighted by molar-refractivity contribution is 0.511. The second-order valence-corrected chi connectivity index (χ2v) is 5.37. The van der Waals surface area contributed by atoms with Gasteiger partial charge in [0.05, 0.1) is 22.5 Å². The number of hydrogen-bond acceptors (Lipinski definition) is 2. The Balaban J connectivity index is 2.31. The Kier molecular flexibility index (Phi) is 5.37. The van der Waals surface area contributed by atoms with Crippen molar-refractivity contribution in [2.24, 2.45) is 0 Å². The van der Waals surface area contributed by atoms with Crippen LogP contribution in [0.5, 0.6) is 0 Å². The summed E-state index contributed by atoms with van der Waals surface area (Å²) in [5, 5.41) is 8.06. The molecule has 1 heterocycles. The van der Waals surface area contributed by atoms with Gasteiger partial charge in [0, 0.05) is 6.54 Å². The van der Waals surface area contributed by atoms with E-state index >= 15 is 0 Å². The van der Waals surface area contributed by atoms with Crippen molar-refractivity contribution >= 4 is 11.6 Å². The first-order chi connectivity index (χ1) is 10.1. The van der Waals surface area contributed by atoms with Gasteiger partial charge in [-0.1, -0.05) is 30.7 Å². The highest BCUT2D eigenvalue weighted by Gasteiger charge is 2.18. The summed E-state index contributed by atoms with van der Waals surface area (Å²) < 4.78 is 15.6. The van der Waals surface area contributed by atoms with Crippen LogP contribution in [0.4, 0.5) is 4.39 Å². The van der Waals surface area contributed by atoms with Gasteiger partial charge in [0.15, 0.2) is 0 Å². The molecule has 0 saturated heterocycles. The Morgan fingerprint density at radius 1 is 1.38 bits per heavy atom. The SMILES string of the molecule is CCc1cc(C(Cc2cccc(F)c2Cl)NC)n(CC)n1.